The van der Waals surface area contributed by atoms with Gasteiger partial charge in [0.05, 0.1) is 6.10 Å². The van der Waals surface area contributed by atoms with E-state index in [9.17, 15) is 0 Å². The zero-order valence-electron chi connectivity index (χ0n) is 5.33. The molecule has 3 N–H and O–H groups in total. The average molecular weight is 147 g/mol. The van der Waals surface area contributed by atoms with E-state index in [1.54, 1.807) is 0 Å². The Kier molecular flexibility index (Phi) is 2.38. The van der Waals surface area contributed by atoms with E-state index < -0.39 is 0 Å². The van der Waals surface area contributed by atoms with Crippen molar-refractivity contribution in [3.05, 3.63) is 0 Å². The highest BCUT2D eigenvalue weighted by Gasteiger charge is 2.23. The predicted octanol–water partition coefficient (Wildman–Crippen LogP) is 0.157. The summed E-state index contributed by atoms with van der Waals surface area (Å²) < 4.78 is 0. The Hall–Kier alpha value is 0.270. The predicted molar refractivity (Wildman–Crippen MR) is 40.6 cm³/mol. The molecule has 0 bridgehead atoms. The van der Waals surface area contributed by atoms with E-state index in [4.69, 9.17) is 10.8 Å². The number of hydrogen-bond acceptors (Lipinski definition) is 3. The van der Waals surface area contributed by atoms with Crippen LogP contribution in [0.2, 0.25) is 0 Å². The zero-order chi connectivity index (χ0) is 6.85. The van der Waals surface area contributed by atoms with Gasteiger partial charge in [0.2, 0.25) is 0 Å². The van der Waals surface area contributed by atoms with Gasteiger partial charge in [0.25, 0.3) is 0 Å². The van der Waals surface area contributed by atoms with Crippen LogP contribution in [0.15, 0.2) is 0 Å². The molecule has 1 saturated carbocycles. The molecule has 0 aromatic carbocycles. The molecule has 2 nitrogen and oxygen atoms in total. The van der Waals surface area contributed by atoms with Crippen LogP contribution < -0.4 is 5.73 Å². The third kappa shape index (κ3) is 1.85. The van der Waals surface area contributed by atoms with E-state index in [2.05, 4.69) is 12.6 Å². The van der Waals surface area contributed by atoms with E-state index in [-0.39, 0.29) is 17.4 Å². The second-order valence-electron chi connectivity index (χ2n) is 2.70. The fourth-order valence-electron chi connectivity index (χ4n) is 1.15. The van der Waals surface area contributed by atoms with Crippen molar-refractivity contribution < 1.29 is 5.11 Å². The zero-order valence-corrected chi connectivity index (χ0v) is 6.22. The third-order valence-electron chi connectivity index (χ3n) is 1.84. The number of rotatable bonds is 0. The highest BCUT2D eigenvalue weighted by Crippen LogP contribution is 2.21. The van der Waals surface area contributed by atoms with Crippen LogP contribution in [0.3, 0.4) is 0 Å². The monoisotopic (exact) mass is 147 g/mol. The summed E-state index contributed by atoms with van der Waals surface area (Å²) >= 11 is 4.23. The lowest BCUT2D eigenvalue weighted by Gasteiger charge is -2.27. The maximum atomic E-state index is 9.09. The Morgan fingerprint density at radius 1 is 1.44 bits per heavy atom. The molecule has 0 radical (unpaired) electrons. The quantitative estimate of drug-likeness (QED) is 0.427. The highest BCUT2D eigenvalue weighted by atomic mass is 32.1. The molecule has 3 unspecified atom stereocenters. The first-order valence-corrected chi connectivity index (χ1v) is 3.83. The maximum absolute atomic E-state index is 9.09. The van der Waals surface area contributed by atoms with E-state index in [1.807, 2.05) is 0 Å². The van der Waals surface area contributed by atoms with Gasteiger partial charge in [0.1, 0.15) is 0 Å². The van der Waals surface area contributed by atoms with Crippen molar-refractivity contribution in [1.29, 1.82) is 0 Å². The van der Waals surface area contributed by atoms with Crippen LogP contribution >= 0.6 is 12.6 Å². The first kappa shape index (κ1) is 7.38. The van der Waals surface area contributed by atoms with E-state index in [0.29, 0.717) is 0 Å². The van der Waals surface area contributed by atoms with Gasteiger partial charge in [-0.25, -0.2) is 0 Å². The van der Waals surface area contributed by atoms with Crippen LogP contribution in [0.4, 0.5) is 0 Å². The molecule has 0 aromatic heterocycles. The minimum absolute atomic E-state index is 0.160. The summed E-state index contributed by atoms with van der Waals surface area (Å²) in [7, 11) is 0. The largest absolute Gasteiger partial charge is 0.393 e. The molecule has 0 heterocycles. The van der Waals surface area contributed by atoms with Crippen molar-refractivity contribution in [2.45, 2.75) is 36.7 Å². The Labute approximate surface area is 60.8 Å². The van der Waals surface area contributed by atoms with Crippen molar-refractivity contribution in [2.75, 3.05) is 0 Å². The molecule has 1 aliphatic carbocycles. The standard InChI is InChI=1S/C6H13NOS/c7-5-2-1-4(8)3-6(5)9/h4-6,8-9H,1-3,7H2. The van der Waals surface area contributed by atoms with Crippen molar-refractivity contribution in [3.63, 3.8) is 0 Å². The van der Waals surface area contributed by atoms with Gasteiger partial charge in [-0.1, -0.05) is 0 Å². The molecule has 9 heavy (non-hydrogen) atoms. The van der Waals surface area contributed by atoms with Gasteiger partial charge in [-0.05, 0) is 19.3 Å². The Morgan fingerprint density at radius 2 is 2.11 bits per heavy atom. The molecule has 0 aliphatic heterocycles. The number of aliphatic hydroxyl groups is 1. The molecule has 1 fully saturated rings. The summed E-state index contributed by atoms with van der Waals surface area (Å²) in [5.74, 6) is 0. The van der Waals surface area contributed by atoms with Crippen molar-refractivity contribution in [3.8, 4) is 0 Å². The minimum atomic E-state index is -0.160. The SMILES string of the molecule is NC1CCC(O)CC1S. The summed E-state index contributed by atoms with van der Waals surface area (Å²) in [5.41, 5.74) is 5.65. The fraction of sp³-hybridized carbons (Fsp3) is 1.00. The lowest BCUT2D eigenvalue weighted by molar-refractivity contribution is 0.127. The molecule has 0 amide bonds. The van der Waals surface area contributed by atoms with Crippen LogP contribution in [0.25, 0.3) is 0 Å². The van der Waals surface area contributed by atoms with Crippen LogP contribution in [0, 0.1) is 0 Å². The fourth-order valence-corrected chi connectivity index (χ4v) is 1.54. The number of thiol groups is 1. The second kappa shape index (κ2) is 2.90. The Bertz CT molecular complexity index is 99.1. The van der Waals surface area contributed by atoms with Gasteiger partial charge in [0, 0.05) is 11.3 Å². The summed E-state index contributed by atoms with van der Waals surface area (Å²) in [5, 5.41) is 9.30. The Balaban J connectivity index is 2.35. The molecular weight excluding hydrogens is 134 g/mol. The van der Waals surface area contributed by atoms with Gasteiger partial charge in [-0.3, -0.25) is 0 Å². The summed E-state index contributed by atoms with van der Waals surface area (Å²) in [6.45, 7) is 0. The highest BCUT2D eigenvalue weighted by molar-refractivity contribution is 7.81. The number of aliphatic hydroxyl groups excluding tert-OH is 1. The smallest absolute Gasteiger partial charge is 0.0551 e. The van der Waals surface area contributed by atoms with Gasteiger partial charge < -0.3 is 10.8 Å². The van der Waals surface area contributed by atoms with E-state index in [0.717, 1.165) is 19.3 Å². The Morgan fingerprint density at radius 3 is 2.56 bits per heavy atom. The van der Waals surface area contributed by atoms with Crippen LogP contribution in [0.1, 0.15) is 19.3 Å². The molecule has 1 rings (SSSR count). The van der Waals surface area contributed by atoms with E-state index in [1.165, 1.54) is 0 Å². The second-order valence-corrected chi connectivity index (χ2v) is 3.36. The summed E-state index contributed by atoms with van der Waals surface area (Å²) in [6.07, 6.45) is 2.35. The molecular formula is C6H13NOS. The summed E-state index contributed by atoms with van der Waals surface area (Å²) in [4.78, 5) is 0. The summed E-state index contributed by atoms with van der Waals surface area (Å²) in [6, 6.07) is 0.191. The molecule has 0 spiro atoms. The van der Waals surface area contributed by atoms with Crippen LogP contribution in [0.5, 0.6) is 0 Å². The first-order valence-electron chi connectivity index (χ1n) is 3.32. The van der Waals surface area contributed by atoms with Gasteiger partial charge in [-0.15, -0.1) is 0 Å². The van der Waals surface area contributed by atoms with Crippen molar-refractivity contribution in [2.24, 2.45) is 5.73 Å². The maximum Gasteiger partial charge on any atom is 0.0551 e. The lowest BCUT2D eigenvalue weighted by Crippen LogP contribution is -2.38. The number of nitrogens with two attached hydrogens (primary N) is 1. The molecule has 54 valence electrons. The minimum Gasteiger partial charge on any atom is -0.393 e. The van der Waals surface area contributed by atoms with Crippen molar-refractivity contribution >= 4 is 12.6 Å². The normalized spacial score (nSPS) is 45.0. The van der Waals surface area contributed by atoms with Gasteiger partial charge in [0.15, 0.2) is 0 Å². The van der Waals surface area contributed by atoms with E-state index >= 15 is 0 Å². The first-order chi connectivity index (χ1) is 4.20. The molecule has 0 saturated heterocycles. The van der Waals surface area contributed by atoms with Gasteiger partial charge in [-0.2, -0.15) is 12.6 Å². The molecule has 1 aliphatic rings. The molecule has 3 atom stereocenters. The van der Waals surface area contributed by atoms with Crippen LogP contribution in [-0.4, -0.2) is 22.5 Å². The van der Waals surface area contributed by atoms with Gasteiger partial charge >= 0.3 is 0 Å². The molecule has 3 heteroatoms. The van der Waals surface area contributed by atoms with Crippen molar-refractivity contribution in [1.82, 2.24) is 0 Å². The lowest BCUT2D eigenvalue weighted by atomic mass is 9.93. The average Bonchev–Trinajstić information content (AvgIpc) is 1.80. The molecule has 0 aromatic rings. The topological polar surface area (TPSA) is 46.2 Å². The number of hydrogen-bond donors (Lipinski definition) is 3. The third-order valence-corrected chi connectivity index (χ3v) is 2.43. The van der Waals surface area contributed by atoms with Crippen LogP contribution in [-0.2, 0) is 0 Å².